The molecule has 0 aliphatic carbocycles. The molecule has 0 unspecified atom stereocenters. The fourth-order valence-corrected chi connectivity index (χ4v) is 5.14. The first-order chi connectivity index (χ1) is 14.8. The predicted molar refractivity (Wildman–Crippen MR) is 122 cm³/mol. The van der Waals surface area contributed by atoms with Crippen LogP contribution in [-0.2, 0) is 21.4 Å². The van der Waals surface area contributed by atoms with Crippen LogP contribution in [0.4, 0.5) is 15.8 Å². The number of piperidine rings is 1. The third-order valence-corrected chi connectivity index (χ3v) is 6.72. The molecule has 1 amide bonds. The Morgan fingerprint density at radius 2 is 1.68 bits per heavy atom. The average Bonchev–Trinajstić information content (AvgIpc) is 2.77. The standard InChI is InChI=1S/C23H30FN3O3S/c1-3-22(27(31(2,29)30)21-13-9-19(24)10-14-21)23(28)25-17-18-7-11-20(12-8-18)26-15-5-4-6-16-26/h7-14,22H,3-6,15-17H2,1-2H3,(H,25,28)/t22-/m0/s1. The molecule has 1 saturated heterocycles. The number of anilines is 2. The van der Waals surface area contributed by atoms with E-state index in [1.165, 1.54) is 49.2 Å². The van der Waals surface area contributed by atoms with Crippen molar-refractivity contribution in [2.45, 2.75) is 45.2 Å². The average molecular weight is 448 g/mol. The van der Waals surface area contributed by atoms with Gasteiger partial charge in [-0.3, -0.25) is 9.10 Å². The number of carbonyl (C=O) groups excluding carboxylic acids is 1. The zero-order valence-corrected chi connectivity index (χ0v) is 18.9. The van der Waals surface area contributed by atoms with Gasteiger partial charge >= 0.3 is 0 Å². The number of nitrogens with zero attached hydrogens (tertiary/aromatic N) is 2. The number of sulfonamides is 1. The molecule has 1 atom stereocenters. The van der Waals surface area contributed by atoms with E-state index in [4.69, 9.17) is 0 Å². The second-order valence-corrected chi connectivity index (χ2v) is 9.75. The van der Waals surface area contributed by atoms with Crippen molar-refractivity contribution in [1.29, 1.82) is 0 Å². The van der Waals surface area contributed by atoms with Gasteiger partial charge in [0.05, 0.1) is 11.9 Å². The highest BCUT2D eigenvalue weighted by molar-refractivity contribution is 7.92. The number of carbonyl (C=O) groups is 1. The molecule has 0 bridgehead atoms. The summed E-state index contributed by atoms with van der Waals surface area (Å²) in [6.07, 6.45) is 5.03. The molecule has 3 rings (SSSR count). The van der Waals surface area contributed by atoms with Gasteiger partial charge in [0.2, 0.25) is 15.9 Å². The molecule has 1 aliphatic rings. The molecule has 0 aromatic heterocycles. The number of rotatable bonds is 8. The number of nitrogens with one attached hydrogen (secondary N) is 1. The van der Waals surface area contributed by atoms with Crippen molar-refractivity contribution in [3.8, 4) is 0 Å². The summed E-state index contributed by atoms with van der Waals surface area (Å²) in [6, 6.07) is 12.3. The maximum Gasteiger partial charge on any atom is 0.244 e. The van der Waals surface area contributed by atoms with Gasteiger partial charge in [0.1, 0.15) is 11.9 Å². The first kappa shape index (κ1) is 23.1. The van der Waals surface area contributed by atoms with E-state index in [9.17, 15) is 17.6 Å². The minimum absolute atomic E-state index is 0.261. The summed E-state index contributed by atoms with van der Waals surface area (Å²) in [6.45, 7) is 4.19. The lowest BCUT2D eigenvalue weighted by Gasteiger charge is -2.30. The first-order valence-electron chi connectivity index (χ1n) is 10.7. The van der Waals surface area contributed by atoms with Crippen LogP contribution in [0.1, 0.15) is 38.2 Å². The monoisotopic (exact) mass is 447 g/mol. The Morgan fingerprint density at radius 3 is 2.23 bits per heavy atom. The summed E-state index contributed by atoms with van der Waals surface area (Å²) >= 11 is 0. The molecule has 0 spiro atoms. The highest BCUT2D eigenvalue weighted by atomic mass is 32.2. The maximum atomic E-state index is 13.3. The van der Waals surface area contributed by atoms with Crippen LogP contribution >= 0.6 is 0 Å². The number of hydrogen-bond acceptors (Lipinski definition) is 4. The molecular formula is C23H30FN3O3S. The molecule has 0 radical (unpaired) electrons. The van der Waals surface area contributed by atoms with Gasteiger partial charge in [0.25, 0.3) is 0 Å². The van der Waals surface area contributed by atoms with E-state index in [1.807, 2.05) is 12.1 Å². The van der Waals surface area contributed by atoms with Crippen molar-refractivity contribution in [3.63, 3.8) is 0 Å². The smallest absolute Gasteiger partial charge is 0.244 e. The van der Waals surface area contributed by atoms with Crippen molar-refractivity contribution < 1.29 is 17.6 Å². The summed E-state index contributed by atoms with van der Waals surface area (Å²) in [5.41, 5.74) is 2.38. The molecular weight excluding hydrogens is 417 g/mol. The van der Waals surface area contributed by atoms with Gasteiger partial charge in [-0.25, -0.2) is 12.8 Å². The van der Waals surface area contributed by atoms with Crippen LogP contribution in [0.25, 0.3) is 0 Å². The van der Waals surface area contributed by atoms with Crippen LogP contribution in [0.2, 0.25) is 0 Å². The molecule has 1 heterocycles. The molecule has 8 heteroatoms. The van der Waals surface area contributed by atoms with Crippen LogP contribution in [0.5, 0.6) is 0 Å². The molecule has 1 fully saturated rings. The minimum Gasteiger partial charge on any atom is -0.372 e. The minimum atomic E-state index is -3.74. The molecule has 1 aliphatic heterocycles. The van der Waals surface area contributed by atoms with Crippen molar-refractivity contribution in [2.75, 3.05) is 28.6 Å². The Kier molecular flexibility index (Phi) is 7.54. The van der Waals surface area contributed by atoms with E-state index in [0.29, 0.717) is 6.54 Å². The van der Waals surface area contributed by atoms with Gasteiger partial charge in [0.15, 0.2) is 0 Å². The quantitative estimate of drug-likeness (QED) is 0.670. The summed E-state index contributed by atoms with van der Waals surface area (Å²) in [4.78, 5) is 15.3. The van der Waals surface area contributed by atoms with Gasteiger partial charge in [-0.15, -0.1) is 0 Å². The summed E-state index contributed by atoms with van der Waals surface area (Å²) in [5.74, 6) is -0.861. The van der Waals surface area contributed by atoms with Crippen LogP contribution in [-0.4, -0.2) is 39.7 Å². The largest absolute Gasteiger partial charge is 0.372 e. The molecule has 0 saturated carbocycles. The second kappa shape index (κ2) is 10.1. The predicted octanol–water partition coefficient (Wildman–Crippen LogP) is 3.68. The lowest BCUT2D eigenvalue weighted by molar-refractivity contribution is -0.122. The van der Waals surface area contributed by atoms with Crippen molar-refractivity contribution in [2.24, 2.45) is 0 Å². The van der Waals surface area contributed by atoms with Crippen molar-refractivity contribution in [1.82, 2.24) is 5.32 Å². The lowest BCUT2D eigenvalue weighted by Crippen LogP contribution is -2.49. The number of benzene rings is 2. The van der Waals surface area contributed by atoms with Crippen LogP contribution in [0, 0.1) is 5.82 Å². The maximum absolute atomic E-state index is 13.3. The molecule has 2 aromatic rings. The topological polar surface area (TPSA) is 69.7 Å². The van der Waals surface area contributed by atoms with Gasteiger partial charge in [0, 0.05) is 25.3 Å². The highest BCUT2D eigenvalue weighted by Crippen LogP contribution is 2.23. The highest BCUT2D eigenvalue weighted by Gasteiger charge is 2.31. The van der Waals surface area contributed by atoms with Crippen molar-refractivity contribution in [3.05, 3.63) is 59.9 Å². The van der Waals surface area contributed by atoms with E-state index >= 15 is 0 Å². The molecule has 1 N–H and O–H groups in total. The Labute approximate surface area is 184 Å². The van der Waals surface area contributed by atoms with Crippen LogP contribution in [0.3, 0.4) is 0 Å². The molecule has 31 heavy (non-hydrogen) atoms. The zero-order chi connectivity index (χ0) is 22.4. The number of amides is 1. The SMILES string of the molecule is CC[C@@H](C(=O)NCc1ccc(N2CCCCC2)cc1)N(c1ccc(F)cc1)S(C)(=O)=O. The Balaban J connectivity index is 1.68. The molecule has 168 valence electrons. The van der Waals surface area contributed by atoms with E-state index < -0.39 is 27.8 Å². The van der Waals surface area contributed by atoms with Gasteiger partial charge in [-0.1, -0.05) is 19.1 Å². The number of halogens is 1. The second-order valence-electron chi connectivity index (χ2n) is 7.89. The molecule has 6 nitrogen and oxygen atoms in total. The zero-order valence-electron chi connectivity index (χ0n) is 18.1. The fourth-order valence-electron chi connectivity index (χ4n) is 3.93. The molecule has 2 aromatic carbocycles. The van der Waals surface area contributed by atoms with E-state index in [-0.39, 0.29) is 12.1 Å². The fraction of sp³-hybridized carbons (Fsp3) is 0.435. The summed E-state index contributed by atoms with van der Waals surface area (Å²) in [5, 5.41) is 2.85. The van der Waals surface area contributed by atoms with E-state index in [0.717, 1.165) is 29.2 Å². The van der Waals surface area contributed by atoms with E-state index in [1.54, 1.807) is 6.92 Å². The normalized spacial score (nSPS) is 15.4. The Morgan fingerprint density at radius 1 is 1.06 bits per heavy atom. The summed E-state index contributed by atoms with van der Waals surface area (Å²) in [7, 11) is -3.74. The Hall–Kier alpha value is -2.61. The van der Waals surface area contributed by atoms with E-state index in [2.05, 4.69) is 22.3 Å². The van der Waals surface area contributed by atoms with Gasteiger partial charge in [-0.2, -0.15) is 0 Å². The lowest BCUT2D eigenvalue weighted by atomic mass is 10.1. The van der Waals surface area contributed by atoms with Crippen LogP contribution in [0.15, 0.2) is 48.5 Å². The van der Waals surface area contributed by atoms with Crippen LogP contribution < -0.4 is 14.5 Å². The van der Waals surface area contributed by atoms with Gasteiger partial charge < -0.3 is 10.2 Å². The number of hydrogen-bond donors (Lipinski definition) is 1. The third-order valence-electron chi connectivity index (χ3n) is 5.54. The first-order valence-corrected chi connectivity index (χ1v) is 12.5. The van der Waals surface area contributed by atoms with Crippen molar-refractivity contribution >= 4 is 27.3 Å². The Bertz CT molecular complexity index is 972. The third kappa shape index (κ3) is 5.97. The summed E-state index contributed by atoms with van der Waals surface area (Å²) < 4.78 is 39.2. The van der Waals surface area contributed by atoms with Gasteiger partial charge in [-0.05, 0) is 67.6 Å².